The Balaban J connectivity index is 3.07. The van der Waals surface area contributed by atoms with Crippen molar-refractivity contribution in [2.24, 2.45) is 11.7 Å². The molecule has 6 heteroatoms. The summed E-state index contributed by atoms with van der Waals surface area (Å²) in [5.41, 5.74) is 12.1. The van der Waals surface area contributed by atoms with E-state index in [1.807, 2.05) is 13.8 Å². The molecule has 6 nitrogen and oxygen atoms in total. The van der Waals surface area contributed by atoms with Crippen LogP contribution in [0.4, 0.5) is 11.4 Å². The zero-order valence-electron chi connectivity index (χ0n) is 11.1. The third-order valence-electron chi connectivity index (χ3n) is 2.55. The minimum atomic E-state index is -1.04. The van der Waals surface area contributed by atoms with Crippen molar-refractivity contribution in [2.75, 3.05) is 23.7 Å². The first-order valence-electron chi connectivity index (χ1n) is 5.97. The van der Waals surface area contributed by atoms with Crippen LogP contribution < -0.4 is 16.4 Å². The van der Waals surface area contributed by atoms with Gasteiger partial charge in [0.25, 0.3) is 0 Å². The highest BCUT2D eigenvalue weighted by Gasteiger charge is 2.15. The van der Waals surface area contributed by atoms with Crippen LogP contribution in [0.5, 0.6) is 0 Å². The van der Waals surface area contributed by atoms with Crippen LogP contribution in [0.1, 0.15) is 24.2 Å². The SMILES string of the molecule is CC(C)CN(CC(N)=O)c1ccc(C(=O)O)cc1N. The Labute approximate surface area is 112 Å². The van der Waals surface area contributed by atoms with Gasteiger partial charge in [-0.1, -0.05) is 13.8 Å². The highest BCUT2D eigenvalue weighted by Crippen LogP contribution is 2.25. The molecular weight excluding hydrogens is 246 g/mol. The molecule has 0 aliphatic carbocycles. The maximum Gasteiger partial charge on any atom is 0.335 e. The lowest BCUT2D eigenvalue weighted by Crippen LogP contribution is -2.36. The Morgan fingerprint density at radius 1 is 1.37 bits per heavy atom. The van der Waals surface area contributed by atoms with E-state index in [2.05, 4.69) is 0 Å². The minimum absolute atomic E-state index is 0.0504. The van der Waals surface area contributed by atoms with Crippen molar-refractivity contribution in [1.82, 2.24) is 0 Å². The summed E-state index contributed by atoms with van der Waals surface area (Å²) < 4.78 is 0. The standard InChI is InChI=1S/C13H19N3O3/c1-8(2)6-16(7-12(15)17)11-4-3-9(13(18)19)5-10(11)14/h3-5,8H,6-7,14H2,1-2H3,(H2,15,17)(H,18,19). The number of anilines is 2. The van der Waals surface area contributed by atoms with E-state index in [0.29, 0.717) is 23.8 Å². The topological polar surface area (TPSA) is 110 Å². The molecule has 1 amide bonds. The van der Waals surface area contributed by atoms with Crippen molar-refractivity contribution in [3.05, 3.63) is 23.8 Å². The lowest BCUT2D eigenvalue weighted by Gasteiger charge is -2.26. The third kappa shape index (κ3) is 4.17. The number of hydrogen-bond donors (Lipinski definition) is 3. The summed E-state index contributed by atoms with van der Waals surface area (Å²) in [6.45, 7) is 4.68. The van der Waals surface area contributed by atoms with Crippen LogP contribution in [0.25, 0.3) is 0 Å². The first-order valence-corrected chi connectivity index (χ1v) is 5.97. The molecule has 0 aromatic heterocycles. The molecule has 0 saturated carbocycles. The van der Waals surface area contributed by atoms with Gasteiger partial charge in [-0.3, -0.25) is 4.79 Å². The van der Waals surface area contributed by atoms with Crippen LogP contribution >= 0.6 is 0 Å². The fraction of sp³-hybridized carbons (Fsp3) is 0.385. The number of nitrogen functional groups attached to an aromatic ring is 1. The molecular formula is C13H19N3O3. The lowest BCUT2D eigenvalue weighted by atomic mass is 10.1. The van der Waals surface area contributed by atoms with Crippen molar-refractivity contribution < 1.29 is 14.7 Å². The molecule has 0 spiro atoms. The van der Waals surface area contributed by atoms with E-state index in [9.17, 15) is 9.59 Å². The van der Waals surface area contributed by atoms with Crippen molar-refractivity contribution in [3.63, 3.8) is 0 Å². The quantitative estimate of drug-likeness (QED) is 0.662. The predicted molar refractivity (Wildman–Crippen MR) is 74.1 cm³/mol. The number of nitrogens with two attached hydrogens (primary N) is 2. The van der Waals surface area contributed by atoms with Gasteiger partial charge in [0.1, 0.15) is 0 Å². The van der Waals surface area contributed by atoms with Crippen LogP contribution in [0.15, 0.2) is 18.2 Å². The van der Waals surface area contributed by atoms with Crippen LogP contribution in [0, 0.1) is 5.92 Å². The lowest BCUT2D eigenvalue weighted by molar-refractivity contribution is -0.116. The van der Waals surface area contributed by atoms with E-state index in [-0.39, 0.29) is 12.1 Å². The highest BCUT2D eigenvalue weighted by molar-refractivity contribution is 5.91. The molecule has 0 saturated heterocycles. The van der Waals surface area contributed by atoms with Gasteiger partial charge in [-0.2, -0.15) is 0 Å². The molecule has 0 aliphatic rings. The average molecular weight is 265 g/mol. The number of carbonyl (C=O) groups excluding carboxylic acids is 1. The second-order valence-corrected chi connectivity index (χ2v) is 4.82. The second-order valence-electron chi connectivity index (χ2n) is 4.82. The van der Waals surface area contributed by atoms with Gasteiger partial charge in [0.05, 0.1) is 23.5 Å². The van der Waals surface area contributed by atoms with Crippen molar-refractivity contribution in [2.45, 2.75) is 13.8 Å². The van der Waals surface area contributed by atoms with Crippen LogP contribution in [-0.4, -0.2) is 30.1 Å². The summed E-state index contributed by atoms with van der Waals surface area (Å²) in [4.78, 5) is 23.7. The molecule has 0 radical (unpaired) electrons. The predicted octanol–water partition coefficient (Wildman–Crippen LogP) is 0.915. The highest BCUT2D eigenvalue weighted by atomic mass is 16.4. The van der Waals surface area contributed by atoms with Gasteiger partial charge >= 0.3 is 5.97 Å². The summed E-state index contributed by atoms with van der Waals surface area (Å²) in [6, 6.07) is 4.44. The van der Waals surface area contributed by atoms with E-state index in [0.717, 1.165) is 0 Å². The zero-order valence-corrected chi connectivity index (χ0v) is 11.1. The monoisotopic (exact) mass is 265 g/mol. The Bertz CT molecular complexity index is 486. The Hall–Kier alpha value is -2.24. The van der Waals surface area contributed by atoms with Gasteiger partial charge in [-0.15, -0.1) is 0 Å². The molecule has 0 unspecified atom stereocenters. The number of benzene rings is 1. The summed E-state index contributed by atoms with van der Waals surface area (Å²) >= 11 is 0. The Morgan fingerprint density at radius 2 is 2.00 bits per heavy atom. The van der Waals surface area contributed by atoms with E-state index in [1.54, 1.807) is 11.0 Å². The second kappa shape index (κ2) is 6.08. The first-order chi connectivity index (χ1) is 8.81. The fourth-order valence-electron chi connectivity index (χ4n) is 1.85. The van der Waals surface area contributed by atoms with E-state index in [1.165, 1.54) is 12.1 Å². The maximum absolute atomic E-state index is 11.1. The third-order valence-corrected chi connectivity index (χ3v) is 2.55. The molecule has 0 bridgehead atoms. The number of carboxylic acids is 1. The fourth-order valence-corrected chi connectivity index (χ4v) is 1.85. The molecule has 0 aliphatic heterocycles. The zero-order chi connectivity index (χ0) is 14.6. The largest absolute Gasteiger partial charge is 0.478 e. The van der Waals surface area contributed by atoms with E-state index in [4.69, 9.17) is 16.6 Å². The van der Waals surface area contributed by atoms with Crippen molar-refractivity contribution in [1.29, 1.82) is 0 Å². The molecule has 0 fully saturated rings. The smallest absolute Gasteiger partial charge is 0.335 e. The van der Waals surface area contributed by atoms with Gasteiger partial charge < -0.3 is 21.5 Å². The maximum atomic E-state index is 11.1. The molecule has 19 heavy (non-hydrogen) atoms. The summed E-state index contributed by atoms with van der Waals surface area (Å²) in [5, 5.41) is 8.89. The molecule has 1 aromatic carbocycles. The summed E-state index contributed by atoms with van der Waals surface area (Å²) in [5.74, 6) is -1.18. The number of primary amides is 1. The summed E-state index contributed by atoms with van der Waals surface area (Å²) in [7, 11) is 0. The number of aromatic carboxylic acids is 1. The first kappa shape index (κ1) is 14.8. The number of amides is 1. The van der Waals surface area contributed by atoms with Crippen LogP contribution in [0.3, 0.4) is 0 Å². The van der Waals surface area contributed by atoms with Gasteiger partial charge in [0, 0.05) is 6.54 Å². The van der Waals surface area contributed by atoms with Gasteiger partial charge in [-0.25, -0.2) is 4.79 Å². The van der Waals surface area contributed by atoms with Crippen molar-refractivity contribution >= 4 is 23.3 Å². The molecule has 5 N–H and O–H groups in total. The molecule has 0 atom stereocenters. The number of rotatable bonds is 6. The van der Waals surface area contributed by atoms with Gasteiger partial charge in [-0.05, 0) is 24.1 Å². The molecule has 1 rings (SSSR count). The normalized spacial score (nSPS) is 10.5. The van der Waals surface area contributed by atoms with Crippen LogP contribution in [0.2, 0.25) is 0 Å². The number of nitrogens with zero attached hydrogens (tertiary/aromatic N) is 1. The number of carbonyl (C=O) groups is 2. The minimum Gasteiger partial charge on any atom is -0.478 e. The Morgan fingerprint density at radius 3 is 2.42 bits per heavy atom. The van der Waals surface area contributed by atoms with Gasteiger partial charge in [0.15, 0.2) is 0 Å². The molecule has 104 valence electrons. The molecule has 1 aromatic rings. The van der Waals surface area contributed by atoms with E-state index < -0.39 is 11.9 Å². The van der Waals surface area contributed by atoms with E-state index >= 15 is 0 Å². The molecule has 0 heterocycles. The summed E-state index contributed by atoms with van der Waals surface area (Å²) in [6.07, 6.45) is 0. The Kier molecular flexibility index (Phi) is 4.74. The van der Waals surface area contributed by atoms with Crippen molar-refractivity contribution in [3.8, 4) is 0 Å². The van der Waals surface area contributed by atoms with Crippen LogP contribution in [-0.2, 0) is 4.79 Å². The average Bonchev–Trinajstić information content (AvgIpc) is 2.26. The number of carboxylic acid groups (broad SMARTS) is 1. The number of hydrogen-bond acceptors (Lipinski definition) is 4. The van der Waals surface area contributed by atoms with Gasteiger partial charge in [0.2, 0.25) is 5.91 Å².